The van der Waals surface area contributed by atoms with Crippen LogP contribution >= 0.6 is 0 Å². The first-order valence-electron chi connectivity index (χ1n) is 11.6. The molecule has 3 unspecified atom stereocenters. The Balaban J connectivity index is 1.39. The molecule has 0 aromatic heterocycles. The highest BCUT2D eigenvalue weighted by Crippen LogP contribution is 2.37. The standard InChI is InChI=1S/C28H30O6/c1-29-28-26(31-18-21-13-7-3-8-14-21)25(30-17-20-11-5-2-6-12-20)24-23(33-28)19-32-27(34-24)22-15-9-4-10-16-22/h2-16,23-28H,17-19H2,1H3/t23?,24-,25-,26?,27?,28+/m0/s1. The van der Waals surface area contributed by atoms with Gasteiger partial charge < -0.3 is 28.4 Å². The van der Waals surface area contributed by atoms with Gasteiger partial charge in [0.25, 0.3) is 0 Å². The zero-order valence-electron chi connectivity index (χ0n) is 19.2. The molecule has 0 bridgehead atoms. The lowest BCUT2D eigenvalue weighted by molar-refractivity contribution is -0.369. The van der Waals surface area contributed by atoms with Crippen LogP contribution in [0.3, 0.4) is 0 Å². The highest BCUT2D eigenvalue weighted by molar-refractivity contribution is 5.17. The molecule has 5 rings (SSSR count). The largest absolute Gasteiger partial charge is 0.368 e. The summed E-state index contributed by atoms with van der Waals surface area (Å²) in [5.74, 6) is 0. The number of fused-ring (bicyclic) bond motifs is 1. The molecule has 2 saturated heterocycles. The molecule has 6 atom stereocenters. The van der Waals surface area contributed by atoms with Gasteiger partial charge in [0.2, 0.25) is 0 Å². The quantitative estimate of drug-likeness (QED) is 0.486. The van der Waals surface area contributed by atoms with Gasteiger partial charge >= 0.3 is 0 Å². The molecular weight excluding hydrogens is 432 g/mol. The minimum Gasteiger partial charge on any atom is -0.368 e. The summed E-state index contributed by atoms with van der Waals surface area (Å²) in [6, 6.07) is 30.0. The van der Waals surface area contributed by atoms with Crippen LogP contribution in [0.1, 0.15) is 23.0 Å². The smallest absolute Gasteiger partial charge is 0.186 e. The topological polar surface area (TPSA) is 55.4 Å². The lowest BCUT2D eigenvalue weighted by atomic mass is 9.97. The third kappa shape index (κ3) is 5.39. The van der Waals surface area contributed by atoms with E-state index in [0.717, 1.165) is 16.7 Å². The Bertz CT molecular complexity index is 993. The fourth-order valence-electron chi connectivity index (χ4n) is 4.42. The molecule has 0 N–H and O–H groups in total. The maximum absolute atomic E-state index is 6.49. The number of rotatable bonds is 8. The molecule has 2 heterocycles. The molecule has 178 valence electrons. The molecule has 2 aliphatic heterocycles. The lowest BCUT2D eigenvalue weighted by Crippen LogP contribution is -2.63. The van der Waals surface area contributed by atoms with E-state index in [1.807, 2.05) is 91.0 Å². The number of ether oxygens (including phenoxy) is 6. The average molecular weight is 463 g/mol. The van der Waals surface area contributed by atoms with Crippen molar-refractivity contribution >= 4 is 0 Å². The zero-order valence-corrected chi connectivity index (χ0v) is 19.2. The Labute approximate surface area is 200 Å². The van der Waals surface area contributed by atoms with E-state index in [1.165, 1.54) is 0 Å². The fourth-order valence-corrected chi connectivity index (χ4v) is 4.42. The van der Waals surface area contributed by atoms with Gasteiger partial charge in [0.15, 0.2) is 12.6 Å². The van der Waals surface area contributed by atoms with Crippen LogP contribution in [0.5, 0.6) is 0 Å². The van der Waals surface area contributed by atoms with Crippen molar-refractivity contribution < 1.29 is 28.4 Å². The van der Waals surface area contributed by atoms with Crippen molar-refractivity contribution in [1.82, 2.24) is 0 Å². The summed E-state index contributed by atoms with van der Waals surface area (Å²) in [7, 11) is 1.62. The molecule has 3 aromatic rings. The molecule has 6 heteroatoms. The molecule has 0 amide bonds. The van der Waals surface area contributed by atoms with Crippen LogP contribution in [0.2, 0.25) is 0 Å². The van der Waals surface area contributed by atoms with Crippen molar-refractivity contribution in [3.05, 3.63) is 108 Å². The molecule has 2 aliphatic rings. The van der Waals surface area contributed by atoms with Crippen LogP contribution in [0.25, 0.3) is 0 Å². The van der Waals surface area contributed by atoms with E-state index < -0.39 is 24.8 Å². The average Bonchev–Trinajstić information content (AvgIpc) is 2.91. The van der Waals surface area contributed by atoms with Crippen LogP contribution in [0.15, 0.2) is 91.0 Å². The van der Waals surface area contributed by atoms with E-state index in [-0.39, 0.29) is 12.2 Å². The second kappa shape index (κ2) is 11.2. The molecule has 0 radical (unpaired) electrons. The minimum atomic E-state index is -0.605. The molecular formula is C28H30O6. The van der Waals surface area contributed by atoms with Gasteiger partial charge in [-0.3, -0.25) is 0 Å². The van der Waals surface area contributed by atoms with E-state index in [2.05, 4.69) is 0 Å². The first kappa shape index (κ1) is 23.2. The summed E-state index contributed by atoms with van der Waals surface area (Å²) in [5.41, 5.74) is 3.10. The van der Waals surface area contributed by atoms with Gasteiger partial charge in [0.05, 0.1) is 19.8 Å². The summed E-state index contributed by atoms with van der Waals surface area (Å²) in [6.07, 6.45) is -2.71. The first-order valence-corrected chi connectivity index (χ1v) is 11.6. The van der Waals surface area contributed by atoms with Crippen LogP contribution in [-0.2, 0) is 41.6 Å². The minimum absolute atomic E-state index is 0.331. The normalized spacial score (nSPS) is 28.9. The van der Waals surface area contributed by atoms with Gasteiger partial charge in [0, 0.05) is 12.7 Å². The van der Waals surface area contributed by atoms with Gasteiger partial charge in [0.1, 0.15) is 24.4 Å². The van der Waals surface area contributed by atoms with Gasteiger partial charge in [-0.1, -0.05) is 91.0 Å². The monoisotopic (exact) mass is 462 g/mol. The number of hydrogen-bond donors (Lipinski definition) is 0. The summed E-state index contributed by atoms with van der Waals surface area (Å²) in [5, 5.41) is 0. The van der Waals surface area contributed by atoms with Crippen LogP contribution in [-0.4, -0.2) is 44.4 Å². The predicted octanol–water partition coefficient (Wildman–Crippen LogP) is 4.64. The van der Waals surface area contributed by atoms with Gasteiger partial charge in [-0.05, 0) is 11.1 Å². The Morgan fingerprint density at radius 3 is 1.85 bits per heavy atom. The number of hydrogen-bond acceptors (Lipinski definition) is 6. The number of methoxy groups -OCH3 is 1. The highest BCUT2D eigenvalue weighted by atomic mass is 16.8. The SMILES string of the molecule is CO[C@@H]1OC2COC(c3ccccc3)O[C@@H]2[C@H](OCc2ccccc2)C1OCc1ccccc1. The molecule has 3 aromatic carbocycles. The summed E-state index contributed by atoms with van der Waals surface area (Å²) in [6.45, 7) is 1.22. The van der Waals surface area contributed by atoms with Crippen molar-refractivity contribution in [2.45, 2.75) is 50.2 Å². The molecule has 6 nitrogen and oxygen atoms in total. The van der Waals surface area contributed by atoms with E-state index in [9.17, 15) is 0 Å². The second-order valence-electron chi connectivity index (χ2n) is 8.48. The summed E-state index contributed by atoms with van der Waals surface area (Å²) < 4.78 is 37.2. The zero-order chi connectivity index (χ0) is 23.2. The maximum Gasteiger partial charge on any atom is 0.186 e. The fraction of sp³-hybridized carbons (Fsp3) is 0.357. The van der Waals surface area contributed by atoms with Crippen LogP contribution in [0, 0.1) is 0 Å². The molecule has 0 spiro atoms. The van der Waals surface area contributed by atoms with Crippen molar-refractivity contribution in [3.63, 3.8) is 0 Å². The van der Waals surface area contributed by atoms with Crippen molar-refractivity contribution in [2.24, 2.45) is 0 Å². The first-order chi connectivity index (χ1) is 16.8. The van der Waals surface area contributed by atoms with E-state index in [0.29, 0.717) is 19.8 Å². The van der Waals surface area contributed by atoms with E-state index in [1.54, 1.807) is 7.11 Å². The van der Waals surface area contributed by atoms with Crippen molar-refractivity contribution in [3.8, 4) is 0 Å². The molecule has 34 heavy (non-hydrogen) atoms. The molecule has 0 aliphatic carbocycles. The van der Waals surface area contributed by atoms with Crippen LogP contribution < -0.4 is 0 Å². The Morgan fingerprint density at radius 1 is 0.706 bits per heavy atom. The van der Waals surface area contributed by atoms with E-state index in [4.69, 9.17) is 28.4 Å². The Kier molecular flexibility index (Phi) is 7.65. The van der Waals surface area contributed by atoms with E-state index >= 15 is 0 Å². The number of benzene rings is 3. The predicted molar refractivity (Wildman–Crippen MR) is 126 cm³/mol. The lowest BCUT2D eigenvalue weighted by Gasteiger charge is -2.48. The van der Waals surface area contributed by atoms with Gasteiger partial charge in [-0.2, -0.15) is 0 Å². The Morgan fingerprint density at radius 2 is 1.26 bits per heavy atom. The van der Waals surface area contributed by atoms with Gasteiger partial charge in [-0.15, -0.1) is 0 Å². The van der Waals surface area contributed by atoms with Gasteiger partial charge in [-0.25, -0.2) is 0 Å². The summed E-state index contributed by atoms with van der Waals surface area (Å²) in [4.78, 5) is 0. The third-order valence-electron chi connectivity index (χ3n) is 6.16. The van der Waals surface area contributed by atoms with Crippen molar-refractivity contribution in [2.75, 3.05) is 13.7 Å². The maximum atomic E-state index is 6.49. The highest BCUT2D eigenvalue weighted by Gasteiger charge is 2.51. The molecule has 2 fully saturated rings. The third-order valence-corrected chi connectivity index (χ3v) is 6.16. The Hall–Kier alpha value is -2.58. The second-order valence-corrected chi connectivity index (χ2v) is 8.48. The van der Waals surface area contributed by atoms with Crippen LogP contribution in [0.4, 0.5) is 0 Å². The molecule has 0 saturated carbocycles. The summed E-state index contributed by atoms with van der Waals surface area (Å²) >= 11 is 0. The van der Waals surface area contributed by atoms with Crippen molar-refractivity contribution in [1.29, 1.82) is 0 Å².